The Labute approximate surface area is 387 Å². The summed E-state index contributed by atoms with van der Waals surface area (Å²) in [6.45, 7) is 6.41. The van der Waals surface area contributed by atoms with Gasteiger partial charge in [-0.3, -0.25) is 14.4 Å². The molecule has 0 fully saturated rings. The van der Waals surface area contributed by atoms with Gasteiger partial charge in [0.2, 0.25) is 0 Å². The largest absolute Gasteiger partial charge is 0.462 e. The van der Waals surface area contributed by atoms with Crippen molar-refractivity contribution in [3.8, 4) is 0 Å². The highest BCUT2D eigenvalue weighted by Gasteiger charge is 2.19. The summed E-state index contributed by atoms with van der Waals surface area (Å²) < 4.78 is 16.7. The first-order valence-corrected chi connectivity index (χ1v) is 25.7. The molecule has 0 bridgehead atoms. The summed E-state index contributed by atoms with van der Waals surface area (Å²) in [6, 6.07) is 0. The number of ether oxygens (including phenoxy) is 3. The summed E-state index contributed by atoms with van der Waals surface area (Å²) in [4.78, 5) is 37.9. The maximum atomic E-state index is 12.8. The zero-order chi connectivity index (χ0) is 45.8. The highest BCUT2D eigenvalue weighted by Crippen LogP contribution is 2.14. The van der Waals surface area contributed by atoms with Crippen LogP contribution in [0.5, 0.6) is 0 Å². The second kappa shape index (κ2) is 51.0. The van der Waals surface area contributed by atoms with Crippen molar-refractivity contribution in [3.63, 3.8) is 0 Å². The quantitative estimate of drug-likeness (QED) is 0.0262. The maximum absolute atomic E-state index is 12.8. The lowest BCUT2D eigenvalue weighted by Gasteiger charge is -2.18. The molecular weight excluding hydrogens is 781 g/mol. The molecule has 0 aromatic carbocycles. The van der Waals surface area contributed by atoms with E-state index in [-0.39, 0.29) is 44.0 Å². The van der Waals surface area contributed by atoms with Gasteiger partial charge in [-0.25, -0.2) is 0 Å². The Morgan fingerprint density at radius 3 is 1.06 bits per heavy atom. The van der Waals surface area contributed by atoms with E-state index >= 15 is 0 Å². The molecule has 0 saturated heterocycles. The van der Waals surface area contributed by atoms with Gasteiger partial charge in [0.15, 0.2) is 6.10 Å². The summed E-state index contributed by atoms with van der Waals surface area (Å²) in [7, 11) is 0. The van der Waals surface area contributed by atoms with E-state index < -0.39 is 6.10 Å². The molecular formula is C57H94O6. The van der Waals surface area contributed by atoms with E-state index in [0.717, 1.165) is 96.3 Å². The van der Waals surface area contributed by atoms with Gasteiger partial charge in [0.25, 0.3) is 0 Å². The molecule has 6 nitrogen and oxygen atoms in total. The molecule has 1 atom stereocenters. The molecule has 0 aliphatic carbocycles. The minimum absolute atomic E-state index is 0.107. The molecule has 0 aliphatic rings. The first-order valence-electron chi connectivity index (χ1n) is 25.7. The molecule has 0 aliphatic heterocycles. The fourth-order valence-electron chi connectivity index (χ4n) is 6.72. The van der Waals surface area contributed by atoms with E-state index in [2.05, 4.69) is 118 Å². The first-order chi connectivity index (χ1) is 31.0. The van der Waals surface area contributed by atoms with Crippen molar-refractivity contribution in [3.05, 3.63) is 97.2 Å². The lowest BCUT2D eigenvalue weighted by atomic mass is 10.0. The van der Waals surface area contributed by atoms with Crippen LogP contribution in [0.25, 0.3) is 0 Å². The minimum Gasteiger partial charge on any atom is -0.462 e. The average Bonchev–Trinajstić information content (AvgIpc) is 3.28. The Morgan fingerprint density at radius 2 is 0.635 bits per heavy atom. The van der Waals surface area contributed by atoms with E-state index in [1.807, 2.05) is 0 Å². The van der Waals surface area contributed by atoms with Crippen molar-refractivity contribution in [1.29, 1.82) is 0 Å². The van der Waals surface area contributed by atoms with Crippen molar-refractivity contribution in [2.24, 2.45) is 0 Å². The number of hydrogen-bond donors (Lipinski definition) is 0. The Hall–Kier alpha value is -3.67. The van der Waals surface area contributed by atoms with Crippen LogP contribution in [-0.2, 0) is 28.6 Å². The van der Waals surface area contributed by atoms with E-state index in [1.54, 1.807) is 0 Å². The standard InChI is InChI=1S/C57H94O6/c1-4-7-10-13-16-19-22-25-27-29-31-32-35-38-41-44-47-50-56(59)62-53-54(52-61-55(58)49-46-43-40-37-34-24-21-18-15-12-9-6-3)63-57(60)51-48-45-42-39-36-33-30-28-26-23-20-17-14-11-8-5-2/h8,11,16-17,19-20,25-28,31-33,36,38,41,54H,4-7,9-10,12-15,18,21-24,29-30,34-35,37,39-40,42-53H2,1-3H3/b11-8-,19-16-,20-17-,27-25-,28-26-,32-31-,36-33-,41-38-. The van der Waals surface area contributed by atoms with E-state index in [9.17, 15) is 14.4 Å². The fourth-order valence-corrected chi connectivity index (χ4v) is 6.72. The smallest absolute Gasteiger partial charge is 0.306 e. The van der Waals surface area contributed by atoms with Gasteiger partial charge < -0.3 is 14.2 Å². The van der Waals surface area contributed by atoms with Crippen LogP contribution in [-0.4, -0.2) is 37.2 Å². The fraction of sp³-hybridized carbons (Fsp3) is 0.667. The number of carbonyl (C=O) groups excluding carboxylic acids is 3. The van der Waals surface area contributed by atoms with Crippen molar-refractivity contribution in [2.45, 2.75) is 232 Å². The van der Waals surface area contributed by atoms with Gasteiger partial charge in [-0.15, -0.1) is 0 Å². The second-order valence-electron chi connectivity index (χ2n) is 16.7. The van der Waals surface area contributed by atoms with Crippen LogP contribution in [0, 0.1) is 0 Å². The van der Waals surface area contributed by atoms with Crippen LogP contribution in [0.3, 0.4) is 0 Å². The van der Waals surface area contributed by atoms with Crippen LogP contribution < -0.4 is 0 Å². The SMILES string of the molecule is CC/C=C\C/C=C\C/C=C\C/C=C\CCCCCC(=O)OC(COC(=O)CCC/C=C\C/C=C\C/C=C\C/C=C\CCCCC)COC(=O)CCCCCCCCCCCCCC. The van der Waals surface area contributed by atoms with Gasteiger partial charge in [-0.05, 0) is 96.3 Å². The number of hydrogen-bond acceptors (Lipinski definition) is 6. The predicted octanol–water partition coefficient (Wildman–Crippen LogP) is 17.0. The number of allylic oxidation sites excluding steroid dienone is 16. The molecule has 63 heavy (non-hydrogen) atoms. The van der Waals surface area contributed by atoms with Crippen molar-refractivity contribution in [2.75, 3.05) is 13.2 Å². The Balaban J connectivity index is 4.53. The molecule has 0 spiro atoms. The summed E-state index contributed by atoms with van der Waals surface area (Å²) >= 11 is 0. The zero-order valence-electron chi connectivity index (χ0n) is 40.8. The monoisotopic (exact) mass is 875 g/mol. The van der Waals surface area contributed by atoms with Crippen molar-refractivity contribution in [1.82, 2.24) is 0 Å². The minimum atomic E-state index is -0.815. The van der Waals surface area contributed by atoms with E-state index in [1.165, 1.54) is 83.5 Å². The highest BCUT2D eigenvalue weighted by molar-refractivity contribution is 5.71. The number of esters is 3. The zero-order valence-corrected chi connectivity index (χ0v) is 40.8. The third kappa shape index (κ3) is 49.2. The average molecular weight is 875 g/mol. The topological polar surface area (TPSA) is 78.9 Å². The number of rotatable bonds is 45. The van der Waals surface area contributed by atoms with Crippen LogP contribution in [0.4, 0.5) is 0 Å². The Bertz CT molecular complexity index is 1280. The molecule has 0 rings (SSSR count). The molecule has 0 aromatic heterocycles. The van der Waals surface area contributed by atoms with Crippen molar-refractivity contribution >= 4 is 17.9 Å². The third-order valence-corrected chi connectivity index (χ3v) is 10.6. The van der Waals surface area contributed by atoms with Crippen LogP contribution in [0.15, 0.2) is 97.2 Å². The highest BCUT2D eigenvalue weighted by atomic mass is 16.6. The second-order valence-corrected chi connectivity index (χ2v) is 16.7. The van der Waals surface area contributed by atoms with Gasteiger partial charge in [0.05, 0.1) is 0 Å². The van der Waals surface area contributed by atoms with Crippen molar-refractivity contribution < 1.29 is 28.6 Å². The van der Waals surface area contributed by atoms with Gasteiger partial charge in [-0.1, -0.05) is 208 Å². The molecule has 0 amide bonds. The molecule has 0 aromatic rings. The van der Waals surface area contributed by atoms with Crippen LogP contribution >= 0.6 is 0 Å². The molecule has 0 heterocycles. The summed E-state index contributed by atoms with van der Waals surface area (Å²) in [5, 5.41) is 0. The summed E-state index contributed by atoms with van der Waals surface area (Å²) in [5.41, 5.74) is 0. The Kier molecular flexibility index (Phi) is 48.0. The van der Waals surface area contributed by atoms with E-state index in [0.29, 0.717) is 12.8 Å². The van der Waals surface area contributed by atoms with Gasteiger partial charge >= 0.3 is 17.9 Å². The molecule has 0 radical (unpaired) electrons. The molecule has 358 valence electrons. The van der Waals surface area contributed by atoms with Gasteiger partial charge in [0.1, 0.15) is 13.2 Å². The normalized spacial score (nSPS) is 12.9. The van der Waals surface area contributed by atoms with Gasteiger partial charge in [0, 0.05) is 19.3 Å². The lowest BCUT2D eigenvalue weighted by molar-refractivity contribution is -0.167. The molecule has 1 unspecified atom stereocenters. The van der Waals surface area contributed by atoms with Crippen LogP contribution in [0.2, 0.25) is 0 Å². The number of carbonyl (C=O) groups is 3. The summed E-state index contributed by atoms with van der Waals surface area (Å²) in [6.07, 6.45) is 66.8. The van der Waals surface area contributed by atoms with Gasteiger partial charge in [-0.2, -0.15) is 0 Å². The van der Waals surface area contributed by atoms with E-state index in [4.69, 9.17) is 14.2 Å². The predicted molar refractivity (Wildman–Crippen MR) is 270 cm³/mol. The molecule has 0 saturated carbocycles. The van der Waals surface area contributed by atoms with Crippen LogP contribution in [0.1, 0.15) is 226 Å². The first kappa shape index (κ1) is 59.3. The number of unbranched alkanes of at least 4 members (excludes halogenated alkanes) is 18. The molecule has 0 N–H and O–H groups in total. The lowest BCUT2D eigenvalue weighted by Crippen LogP contribution is -2.30. The molecule has 6 heteroatoms. The third-order valence-electron chi connectivity index (χ3n) is 10.6. The Morgan fingerprint density at radius 1 is 0.333 bits per heavy atom. The summed E-state index contributed by atoms with van der Waals surface area (Å²) in [5.74, 6) is -1.00. The maximum Gasteiger partial charge on any atom is 0.306 e.